The molecule has 1 heterocycles. The molecule has 2 aliphatic rings. The first kappa shape index (κ1) is 25.3. The zero-order chi connectivity index (χ0) is 25.1. The number of nitrogens with zero attached hydrogens (tertiary/aromatic N) is 1. The minimum absolute atomic E-state index is 0.132. The quantitative estimate of drug-likeness (QED) is 0.613. The van der Waals surface area contributed by atoms with Crippen LogP contribution in [0.25, 0.3) is 0 Å². The smallest absolute Gasteiger partial charge is 0.252 e. The molecule has 186 valence electrons. The van der Waals surface area contributed by atoms with Gasteiger partial charge in [0.2, 0.25) is 0 Å². The van der Waals surface area contributed by atoms with Crippen LogP contribution in [0.2, 0.25) is 0 Å². The molecular formula is C28H34N2O5. The fraction of sp³-hybridized carbons (Fsp3) is 0.500. The first-order valence-corrected chi connectivity index (χ1v) is 12.2. The summed E-state index contributed by atoms with van der Waals surface area (Å²) in [5, 5.41) is 12.4. The third-order valence-corrected chi connectivity index (χ3v) is 6.63. The largest absolute Gasteiger partial charge is 0.371 e. The lowest BCUT2D eigenvalue weighted by molar-refractivity contribution is -0.183. The number of ether oxygens (including phenoxy) is 4. The number of aryl methyl sites for hydroxylation is 1. The van der Waals surface area contributed by atoms with Crippen LogP contribution in [-0.4, -0.2) is 42.2 Å². The number of benzene rings is 2. The van der Waals surface area contributed by atoms with Crippen molar-refractivity contribution in [1.82, 2.24) is 5.32 Å². The molecule has 0 bridgehead atoms. The molecular weight excluding hydrogens is 444 g/mol. The van der Waals surface area contributed by atoms with Gasteiger partial charge in [-0.3, -0.25) is 4.79 Å². The van der Waals surface area contributed by atoms with Gasteiger partial charge in [-0.2, -0.15) is 5.26 Å². The fourth-order valence-electron chi connectivity index (χ4n) is 4.89. The molecule has 1 saturated heterocycles. The Kier molecular flexibility index (Phi) is 7.58. The summed E-state index contributed by atoms with van der Waals surface area (Å²) in [6, 6.07) is 17.6. The summed E-state index contributed by atoms with van der Waals surface area (Å²) in [7, 11) is 0. The van der Waals surface area contributed by atoms with Gasteiger partial charge < -0.3 is 24.3 Å². The van der Waals surface area contributed by atoms with Crippen LogP contribution >= 0.6 is 0 Å². The molecule has 0 unspecified atom stereocenters. The maximum Gasteiger partial charge on any atom is 0.252 e. The standard InChI is InChI=1S/C28H34N2O5/c1-5-30-26(31)28(33-18-22-9-7-6-8-21(22)16-29)14-23(25-24(15-28)34-27(3,4)35-25)32-17-20-12-10-19(2)11-13-20/h6-13,23-25H,5,14-15,17-18H2,1-4H3,(H,30,31)/t23-,24+,25-,28+/m0/s1. The normalized spacial score (nSPS) is 27.1. The first-order valence-electron chi connectivity index (χ1n) is 12.2. The highest BCUT2D eigenvalue weighted by Gasteiger charge is 2.58. The van der Waals surface area contributed by atoms with Crippen LogP contribution in [0, 0.1) is 18.3 Å². The number of amides is 1. The number of hydrogen-bond donors (Lipinski definition) is 1. The molecule has 7 nitrogen and oxygen atoms in total. The minimum atomic E-state index is -1.18. The lowest BCUT2D eigenvalue weighted by Gasteiger charge is -2.43. The number of carbonyl (C=O) groups is 1. The van der Waals surface area contributed by atoms with E-state index in [1.54, 1.807) is 6.07 Å². The molecule has 0 radical (unpaired) electrons. The fourth-order valence-corrected chi connectivity index (χ4v) is 4.89. The Morgan fingerprint density at radius 3 is 2.57 bits per heavy atom. The molecule has 0 spiro atoms. The van der Waals surface area contributed by atoms with Crippen molar-refractivity contribution in [1.29, 1.82) is 5.26 Å². The summed E-state index contributed by atoms with van der Waals surface area (Å²) in [4.78, 5) is 13.4. The van der Waals surface area contributed by atoms with Crippen molar-refractivity contribution >= 4 is 5.91 Å². The van der Waals surface area contributed by atoms with Crippen LogP contribution in [-0.2, 0) is 37.0 Å². The highest BCUT2D eigenvalue weighted by atomic mass is 16.8. The Labute approximate surface area is 207 Å². The van der Waals surface area contributed by atoms with Gasteiger partial charge in [0.25, 0.3) is 5.91 Å². The molecule has 35 heavy (non-hydrogen) atoms. The molecule has 2 aromatic carbocycles. The average Bonchev–Trinajstić information content (AvgIpc) is 3.16. The summed E-state index contributed by atoms with van der Waals surface area (Å²) in [5.74, 6) is -0.990. The molecule has 2 aromatic rings. The van der Waals surface area contributed by atoms with E-state index < -0.39 is 17.5 Å². The maximum absolute atomic E-state index is 13.4. The number of nitrogens with one attached hydrogen (secondary N) is 1. The monoisotopic (exact) mass is 478 g/mol. The van der Waals surface area contributed by atoms with E-state index in [4.69, 9.17) is 18.9 Å². The third kappa shape index (κ3) is 5.74. The minimum Gasteiger partial charge on any atom is -0.371 e. The third-order valence-electron chi connectivity index (χ3n) is 6.63. The van der Waals surface area contributed by atoms with Crippen molar-refractivity contribution in [3.8, 4) is 6.07 Å². The lowest BCUT2D eigenvalue weighted by Crippen LogP contribution is -2.60. The predicted molar refractivity (Wildman–Crippen MR) is 130 cm³/mol. The molecule has 4 rings (SSSR count). The average molecular weight is 479 g/mol. The van der Waals surface area contributed by atoms with E-state index in [2.05, 4.69) is 23.5 Å². The molecule has 1 saturated carbocycles. The topological polar surface area (TPSA) is 89.8 Å². The molecule has 0 aromatic heterocycles. The van der Waals surface area contributed by atoms with Gasteiger partial charge >= 0.3 is 0 Å². The summed E-state index contributed by atoms with van der Waals surface area (Å²) in [5.41, 5.74) is 2.31. The Morgan fingerprint density at radius 2 is 1.86 bits per heavy atom. The molecule has 1 amide bonds. The van der Waals surface area contributed by atoms with Gasteiger partial charge in [0.05, 0.1) is 37.1 Å². The zero-order valence-corrected chi connectivity index (χ0v) is 20.9. The van der Waals surface area contributed by atoms with Crippen molar-refractivity contribution in [3.63, 3.8) is 0 Å². The van der Waals surface area contributed by atoms with Crippen molar-refractivity contribution in [2.24, 2.45) is 0 Å². The second-order valence-electron chi connectivity index (χ2n) is 9.79. The van der Waals surface area contributed by atoms with E-state index in [-0.39, 0.29) is 24.7 Å². The summed E-state index contributed by atoms with van der Waals surface area (Å²) < 4.78 is 25.2. The number of likely N-dealkylation sites (N-methyl/N-ethyl adjacent to an activating group) is 1. The molecule has 1 aliphatic carbocycles. The van der Waals surface area contributed by atoms with Crippen LogP contribution in [0.5, 0.6) is 0 Å². The molecule has 2 fully saturated rings. The molecule has 1 aliphatic heterocycles. The van der Waals surface area contributed by atoms with Gasteiger partial charge in [0.15, 0.2) is 11.4 Å². The van der Waals surface area contributed by atoms with E-state index in [0.717, 1.165) is 11.1 Å². The van der Waals surface area contributed by atoms with Crippen LogP contribution in [0.15, 0.2) is 48.5 Å². The Bertz CT molecular complexity index is 1080. The van der Waals surface area contributed by atoms with Crippen LogP contribution < -0.4 is 5.32 Å². The molecule has 7 heteroatoms. The van der Waals surface area contributed by atoms with Crippen LogP contribution in [0.4, 0.5) is 0 Å². The van der Waals surface area contributed by atoms with Crippen molar-refractivity contribution in [2.75, 3.05) is 6.54 Å². The van der Waals surface area contributed by atoms with Gasteiger partial charge in [-0.1, -0.05) is 48.0 Å². The van der Waals surface area contributed by atoms with Crippen LogP contribution in [0.1, 0.15) is 55.9 Å². The number of rotatable bonds is 8. The Hall–Kier alpha value is -2.76. The van der Waals surface area contributed by atoms with E-state index in [9.17, 15) is 10.1 Å². The molecule has 4 atom stereocenters. The van der Waals surface area contributed by atoms with E-state index in [1.807, 2.05) is 58.0 Å². The van der Waals surface area contributed by atoms with Crippen LogP contribution in [0.3, 0.4) is 0 Å². The van der Waals surface area contributed by atoms with Crippen molar-refractivity contribution in [3.05, 3.63) is 70.8 Å². The first-order chi connectivity index (χ1) is 16.7. The number of fused-ring (bicyclic) bond motifs is 1. The van der Waals surface area contributed by atoms with Crippen molar-refractivity contribution < 1.29 is 23.7 Å². The van der Waals surface area contributed by atoms with Gasteiger partial charge in [0, 0.05) is 19.4 Å². The SMILES string of the molecule is CCNC(=O)[C@@]1(OCc2ccccc2C#N)C[C@H](OCc2ccc(C)cc2)[C@@H]2OC(C)(C)O[C@@H]2C1. The summed E-state index contributed by atoms with van der Waals surface area (Å²) in [6.45, 7) is 8.68. The Morgan fingerprint density at radius 1 is 1.11 bits per heavy atom. The molecule has 1 N–H and O–H groups in total. The maximum atomic E-state index is 13.4. The second-order valence-corrected chi connectivity index (χ2v) is 9.79. The van der Waals surface area contributed by atoms with E-state index in [0.29, 0.717) is 31.6 Å². The van der Waals surface area contributed by atoms with Crippen molar-refractivity contribution in [2.45, 2.75) is 83.5 Å². The number of carbonyl (C=O) groups excluding carboxylic acids is 1. The van der Waals surface area contributed by atoms with Gasteiger partial charge in [-0.15, -0.1) is 0 Å². The van der Waals surface area contributed by atoms with Gasteiger partial charge in [-0.05, 0) is 44.9 Å². The van der Waals surface area contributed by atoms with Gasteiger partial charge in [-0.25, -0.2) is 0 Å². The highest BCUT2D eigenvalue weighted by molar-refractivity contribution is 5.85. The van der Waals surface area contributed by atoms with E-state index >= 15 is 0 Å². The Balaban J connectivity index is 1.61. The predicted octanol–water partition coefficient (Wildman–Crippen LogP) is 4.16. The number of nitriles is 1. The summed E-state index contributed by atoms with van der Waals surface area (Å²) >= 11 is 0. The zero-order valence-electron chi connectivity index (χ0n) is 20.9. The van der Waals surface area contributed by atoms with Gasteiger partial charge in [0.1, 0.15) is 6.10 Å². The lowest BCUT2D eigenvalue weighted by atomic mass is 9.78. The highest BCUT2D eigenvalue weighted by Crippen LogP contribution is 2.44. The summed E-state index contributed by atoms with van der Waals surface area (Å²) in [6.07, 6.45) is -0.430. The number of hydrogen-bond acceptors (Lipinski definition) is 6. The second kappa shape index (κ2) is 10.5. The van der Waals surface area contributed by atoms with E-state index in [1.165, 1.54) is 5.56 Å².